The van der Waals surface area contributed by atoms with Gasteiger partial charge in [0.15, 0.2) is 6.10 Å². The molecule has 1 unspecified atom stereocenters. The number of nitrogens with two attached hydrogens (primary N) is 1. The quantitative estimate of drug-likeness (QED) is 0.498. The number of hydrogen-bond acceptors (Lipinski definition) is 3. The van der Waals surface area contributed by atoms with Crippen LogP contribution in [0.5, 0.6) is 5.75 Å². The van der Waals surface area contributed by atoms with Gasteiger partial charge in [-0.2, -0.15) is 0 Å². The summed E-state index contributed by atoms with van der Waals surface area (Å²) in [5.41, 5.74) is 3.00. The summed E-state index contributed by atoms with van der Waals surface area (Å²) in [6.07, 6.45) is -0.602. The van der Waals surface area contributed by atoms with E-state index in [1.165, 1.54) is 0 Å². The Labute approximate surface area is 96.9 Å². The number of hydrazine groups is 1. The van der Waals surface area contributed by atoms with E-state index >= 15 is 0 Å². The molecule has 0 aliphatic heterocycles. The molecule has 0 aromatic heterocycles. The summed E-state index contributed by atoms with van der Waals surface area (Å²) in [6.45, 7) is 3.55. The van der Waals surface area contributed by atoms with Crippen LogP contribution < -0.4 is 16.0 Å². The van der Waals surface area contributed by atoms with Crippen LogP contribution >= 0.6 is 15.9 Å². The van der Waals surface area contributed by atoms with Gasteiger partial charge >= 0.3 is 0 Å². The van der Waals surface area contributed by atoms with Crippen molar-refractivity contribution in [2.45, 2.75) is 20.0 Å². The molecule has 1 rings (SSSR count). The van der Waals surface area contributed by atoms with Crippen molar-refractivity contribution in [3.8, 4) is 5.75 Å². The van der Waals surface area contributed by atoms with Crippen molar-refractivity contribution in [2.75, 3.05) is 0 Å². The van der Waals surface area contributed by atoms with Crippen molar-refractivity contribution in [1.82, 2.24) is 5.43 Å². The predicted octanol–water partition coefficient (Wildman–Crippen LogP) is 1.51. The second-order valence-corrected chi connectivity index (χ2v) is 4.09. The maximum Gasteiger partial charge on any atom is 0.274 e. The first-order valence-corrected chi connectivity index (χ1v) is 5.27. The number of carbonyl (C=O) groups is 1. The second kappa shape index (κ2) is 5.14. The first-order valence-electron chi connectivity index (χ1n) is 4.48. The summed E-state index contributed by atoms with van der Waals surface area (Å²) < 4.78 is 6.42. The highest BCUT2D eigenvalue weighted by atomic mass is 79.9. The third-order valence-corrected chi connectivity index (χ3v) is 2.45. The highest BCUT2D eigenvalue weighted by molar-refractivity contribution is 9.10. The van der Waals surface area contributed by atoms with E-state index in [2.05, 4.69) is 15.9 Å². The number of benzene rings is 1. The summed E-state index contributed by atoms with van der Waals surface area (Å²) >= 11 is 3.35. The summed E-state index contributed by atoms with van der Waals surface area (Å²) in [7, 11) is 0. The Morgan fingerprint density at radius 1 is 1.60 bits per heavy atom. The molecule has 1 atom stereocenters. The molecule has 0 fully saturated rings. The summed E-state index contributed by atoms with van der Waals surface area (Å²) in [5, 5.41) is 0. The van der Waals surface area contributed by atoms with E-state index in [0.29, 0.717) is 5.75 Å². The average molecular weight is 273 g/mol. The van der Waals surface area contributed by atoms with Crippen LogP contribution in [-0.2, 0) is 4.79 Å². The minimum absolute atomic E-state index is 0.350. The van der Waals surface area contributed by atoms with E-state index < -0.39 is 6.10 Å². The van der Waals surface area contributed by atoms with Gasteiger partial charge < -0.3 is 4.74 Å². The van der Waals surface area contributed by atoms with E-state index in [9.17, 15) is 4.79 Å². The fourth-order valence-corrected chi connectivity index (χ4v) is 1.58. The third-order valence-electron chi connectivity index (χ3n) is 1.95. The predicted molar refractivity (Wildman–Crippen MR) is 61.3 cm³/mol. The van der Waals surface area contributed by atoms with Gasteiger partial charge in [0.05, 0.1) is 0 Å². The number of rotatable bonds is 3. The molecule has 0 aliphatic rings. The minimum Gasteiger partial charge on any atom is -0.481 e. The van der Waals surface area contributed by atoms with E-state index in [-0.39, 0.29) is 5.91 Å². The molecule has 0 spiro atoms. The molecule has 1 amide bonds. The molecule has 0 saturated heterocycles. The van der Waals surface area contributed by atoms with E-state index in [1.54, 1.807) is 13.0 Å². The van der Waals surface area contributed by atoms with Crippen molar-refractivity contribution in [3.05, 3.63) is 28.2 Å². The topological polar surface area (TPSA) is 64.3 Å². The maximum absolute atomic E-state index is 11.1. The fourth-order valence-electron chi connectivity index (χ4n) is 1.11. The average Bonchev–Trinajstić information content (AvgIpc) is 2.20. The zero-order chi connectivity index (χ0) is 11.4. The van der Waals surface area contributed by atoms with E-state index in [0.717, 1.165) is 10.0 Å². The summed E-state index contributed by atoms with van der Waals surface area (Å²) in [4.78, 5) is 11.1. The van der Waals surface area contributed by atoms with Crippen molar-refractivity contribution in [3.63, 3.8) is 0 Å². The second-order valence-electron chi connectivity index (χ2n) is 3.18. The smallest absolute Gasteiger partial charge is 0.274 e. The van der Waals surface area contributed by atoms with Crippen molar-refractivity contribution in [2.24, 2.45) is 5.84 Å². The van der Waals surface area contributed by atoms with Crippen LogP contribution in [0.3, 0.4) is 0 Å². The third kappa shape index (κ3) is 3.21. The van der Waals surface area contributed by atoms with Gasteiger partial charge in [-0.25, -0.2) is 5.84 Å². The van der Waals surface area contributed by atoms with Gasteiger partial charge in [-0.05, 0) is 37.6 Å². The van der Waals surface area contributed by atoms with Crippen LogP contribution in [0.1, 0.15) is 12.5 Å². The first-order chi connectivity index (χ1) is 7.04. The van der Waals surface area contributed by atoms with Gasteiger partial charge in [0.25, 0.3) is 5.91 Å². The first kappa shape index (κ1) is 12.0. The Bertz CT molecular complexity index is 368. The number of halogens is 1. The molecule has 4 nitrogen and oxygen atoms in total. The lowest BCUT2D eigenvalue weighted by molar-refractivity contribution is -0.127. The lowest BCUT2D eigenvalue weighted by Gasteiger charge is -2.14. The van der Waals surface area contributed by atoms with Gasteiger partial charge in [0.2, 0.25) is 0 Å². The minimum atomic E-state index is -0.602. The number of nitrogens with one attached hydrogen (secondary N) is 1. The Balaban J connectivity index is 2.76. The van der Waals surface area contributed by atoms with Crippen LogP contribution in [0, 0.1) is 6.92 Å². The molecule has 82 valence electrons. The molecular weight excluding hydrogens is 260 g/mol. The molecule has 1 aromatic rings. The Morgan fingerprint density at radius 2 is 2.27 bits per heavy atom. The van der Waals surface area contributed by atoms with Gasteiger partial charge in [-0.15, -0.1) is 0 Å². The zero-order valence-corrected chi connectivity index (χ0v) is 10.2. The van der Waals surface area contributed by atoms with Crippen molar-refractivity contribution >= 4 is 21.8 Å². The highest BCUT2D eigenvalue weighted by Gasteiger charge is 2.13. The van der Waals surface area contributed by atoms with Gasteiger partial charge in [-0.1, -0.05) is 15.9 Å². The molecule has 0 saturated carbocycles. The van der Waals surface area contributed by atoms with Gasteiger partial charge in [0, 0.05) is 4.47 Å². The number of aryl methyl sites for hydroxylation is 1. The molecule has 3 N–H and O–H groups in total. The SMILES string of the molecule is Cc1cc(Br)ccc1OC(C)C(=O)NN. The summed E-state index contributed by atoms with van der Waals surface area (Å²) in [5.74, 6) is 5.33. The zero-order valence-electron chi connectivity index (χ0n) is 8.58. The Kier molecular flexibility index (Phi) is 4.11. The van der Waals surface area contributed by atoms with E-state index in [1.807, 2.05) is 24.5 Å². The molecule has 0 heterocycles. The Morgan fingerprint density at radius 3 is 2.80 bits per heavy atom. The van der Waals surface area contributed by atoms with Gasteiger partial charge in [-0.3, -0.25) is 10.2 Å². The number of carbonyl (C=O) groups excluding carboxylic acids is 1. The van der Waals surface area contributed by atoms with Crippen LogP contribution in [0.25, 0.3) is 0 Å². The molecule has 0 aliphatic carbocycles. The summed E-state index contributed by atoms with van der Waals surface area (Å²) in [6, 6.07) is 5.58. The normalized spacial score (nSPS) is 12.0. The fraction of sp³-hybridized carbons (Fsp3) is 0.300. The molecule has 0 bridgehead atoms. The van der Waals surface area contributed by atoms with Crippen LogP contribution in [0.2, 0.25) is 0 Å². The van der Waals surface area contributed by atoms with Crippen LogP contribution in [0.4, 0.5) is 0 Å². The van der Waals surface area contributed by atoms with Crippen molar-refractivity contribution < 1.29 is 9.53 Å². The lowest BCUT2D eigenvalue weighted by atomic mass is 10.2. The standard InChI is InChI=1S/C10H13BrN2O2/c1-6-5-8(11)3-4-9(6)15-7(2)10(14)13-12/h3-5,7H,12H2,1-2H3,(H,13,14). The molecule has 5 heteroatoms. The highest BCUT2D eigenvalue weighted by Crippen LogP contribution is 2.22. The van der Waals surface area contributed by atoms with Crippen LogP contribution in [-0.4, -0.2) is 12.0 Å². The molecular formula is C10H13BrN2O2. The largest absolute Gasteiger partial charge is 0.481 e. The maximum atomic E-state index is 11.1. The molecule has 15 heavy (non-hydrogen) atoms. The molecule has 0 radical (unpaired) electrons. The number of ether oxygens (including phenoxy) is 1. The monoisotopic (exact) mass is 272 g/mol. The number of amides is 1. The van der Waals surface area contributed by atoms with Gasteiger partial charge in [0.1, 0.15) is 5.75 Å². The van der Waals surface area contributed by atoms with E-state index in [4.69, 9.17) is 10.6 Å². The lowest BCUT2D eigenvalue weighted by Crippen LogP contribution is -2.40. The van der Waals surface area contributed by atoms with Crippen LogP contribution in [0.15, 0.2) is 22.7 Å². The Hall–Kier alpha value is -1.07. The molecule has 1 aromatic carbocycles. The van der Waals surface area contributed by atoms with Crippen molar-refractivity contribution in [1.29, 1.82) is 0 Å². The number of hydrogen-bond donors (Lipinski definition) is 2.